The van der Waals surface area contributed by atoms with Crippen molar-refractivity contribution in [3.05, 3.63) is 59.9 Å². The average molecular weight is 363 g/mol. The van der Waals surface area contributed by atoms with Crippen LogP contribution in [0.25, 0.3) is 0 Å². The second-order valence-electron chi connectivity index (χ2n) is 7.88. The molecule has 1 aromatic heterocycles. The summed E-state index contributed by atoms with van der Waals surface area (Å²) in [4.78, 5) is 33.1. The van der Waals surface area contributed by atoms with Gasteiger partial charge >= 0.3 is 0 Å². The van der Waals surface area contributed by atoms with Crippen LogP contribution in [0.5, 0.6) is 0 Å². The maximum atomic E-state index is 12.8. The highest BCUT2D eigenvalue weighted by atomic mass is 16.2. The second kappa shape index (κ2) is 7.14. The number of nitrogens with zero attached hydrogens (tertiary/aromatic N) is 3. The summed E-state index contributed by atoms with van der Waals surface area (Å²) in [6, 6.07) is 12.1. The number of carbonyl (C=O) groups is 2. The van der Waals surface area contributed by atoms with Crippen LogP contribution in [-0.2, 0) is 9.59 Å². The van der Waals surface area contributed by atoms with Gasteiger partial charge in [0.15, 0.2) is 0 Å². The molecule has 5 heteroatoms. The van der Waals surface area contributed by atoms with Gasteiger partial charge < -0.3 is 9.80 Å². The molecule has 5 nitrogen and oxygen atoms in total. The number of benzene rings is 1. The Bertz CT molecular complexity index is 826. The van der Waals surface area contributed by atoms with Crippen molar-refractivity contribution in [2.24, 2.45) is 5.92 Å². The molecule has 2 saturated heterocycles. The number of hydrogen-bond donors (Lipinski definition) is 0. The Morgan fingerprint density at radius 2 is 1.85 bits per heavy atom. The minimum atomic E-state index is -0.239. The number of carbonyl (C=O) groups excluding carboxylic acids is 2. The molecule has 0 spiro atoms. The van der Waals surface area contributed by atoms with E-state index in [-0.39, 0.29) is 17.7 Å². The van der Waals surface area contributed by atoms with Gasteiger partial charge in [-0.2, -0.15) is 0 Å². The minimum Gasteiger partial charge on any atom is -0.341 e. The zero-order valence-corrected chi connectivity index (χ0v) is 15.8. The summed E-state index contributed by atoms with van der Waals surface area (Å²) in [5.74, 6) is 0.721. The molecule has 2 aliphatic heterocycles. The summed E-state index contributed by atoms with van der Waals surface area (Å²) in [7, 11) is 0. The van der Waals surface area contributed by atoms with Gasteiger partial charge in [-0.3, -0.25) is 14.6 Å². The molecule has 4 rings (SSSR count). The van der Waals surface area contributed by atoms with Crippen molar-refractivity contribution < 1.29 is 9.59 Å². The van der Waals surface area contributed by atoms with Gasteiger partial charge in [-0.05, 0) is 35.2 Å². The van der Waals surface area contributed by atoms with Crippen molar-refractivity contribution in [3.8, 4) is 0 Å². The normalized spacial score (nSPS) is 20.3. The van der Waals surface area contributed by atoms with Gasteiger partial charge in [0.25, 0.3) is 0 Å². The highest BCUT2D eigenvalue weighted by Crippen LogP contribution is 2.32. The van der Waals surface area contributed by atoms with Crippen LogP contribution in [0.3, 0.4) is 0 Å². The Morgan fingerprint density at radius 3 is 2.48 bits per heavy atom. The van der Waals surface area contributed by atoms with Crippen molar-refractivity contribution in [1.82, 2.24) is 9.88 Å². The maximum absolute atomic E-state index is 12.8. The predicted octanol–water partition coefficient (Wildman–Crippen LogP) is 3.18. The van der Waals surface area contributed by atoms with Crippen molar-refractivity contribution in [2.45, 2.75) is 32.1 Å². The topological polar surface area (TPSA) is 53.5 Å². The Balaban J connectivity index is 1.37. The standard InChI is InChI=1S/C22H25N3O2/c1-15(2)16-5-7-20(8-6-16)25-14-18(10-21(25)26)22(27)24-12-19(13-24)17-4-3-9-23-11-17/h3-9,11,15,18-19H,10,12-14H2,1-2H3/t18-/m0/s1. The van der Waals surface area contributed by atoms with E-state index in [4.69, 9.17) is 0 Å². The first-order valence-electron chi connectivity index (χ1n) is 9.62. The van der Waals surface area contributed by atoms with Gasteiger partial charge in [-0.25, -0.2) is 0 Å². The number of pyridine rings is 1. The molecule has 140 valence electrons. The van der Waals surface area contributed by atoms with Crippen LogP contribution in [-0.4, -0.2) is 41.3 Å². The molecule has 2 amide bonds. The molecule has 0 radical (unpaired) electrons. The quantitative estimate of drug-likeness (QED) is 0.838. The third-order valence-electron chi connectivity index (χ3n) is 5.69. The molecule has 0 bridgehead atoms. The van der Waals surface area contributed by atoms with E-state index >= 15 is 0 Å². The van der Waals surface area contributed by atoms with Crippen molar-refractivity contribution in [1.29, 1.82) is 0 Å². The lowest BCUT2D eigenvalue weighted by Gasteiger charge is -2.40. The molecule has 1 aromatic carbocycles. The predicted molar refractivity (Wildman–Crippen MR) is 105 cm³/mol. The van der Waals surface area contributed by atoms with Crippen molar-refractivity contribution >= 4 is 17.5 Å². The molecular formula is C22H25N3O2. The van der Waals surface area contributed by atoms with Crippen LogP contribution in [0, 0.1) is 5.92 Å². The van der Waals surface area contributed by atoms with Crippen LogP contribution in [0.1, 0.15) is 43.2 Å². The first-order chi connectivity index (χ1) is 13.0. The molecule has 27 heavy (non-hydrogen) atoms. The Morgan fingerprint density at radius 1 is 1.11 bits per heavy atom. The number of anilines is 1. The molecule has 2 aliphatic rings. The Kier molecular flexibility index (Phi) is 4.68. The van der Waals surface area contributed by atoms with E-state index in [0.29, 0.717) is 24.8 Å². The number of amides is 2. The van der Waals surface area contributed by atoms with Crippen molar-refractivity contribution in [3.63, 3.8) is 0 Å². The monoisotopic (exact) mass is 363 g/mol. The molecule has 1 atom stereocenters. The van der Waals surface area contributed by atoms with Gasteiger partial charge in [-0.15, -0.1) is 0 Å². The van der Waals surface area contributed by atoms with E-state index in [9.17, 15) is 9.59 Å². The molecular weight excluding hydrogens is 338 g/mol. The molecule has 3 heterocycles. The van der Waals surface area contributed by atoms with Crippen LogP contribution in [0.15, 0.2) is 48.8 Å². The number of likely N-dealkylation sites (tertiary alicyclic amines) is 1. The molecule has 0 N–H and O–H groups in total. The highest BCUT2D eigenvalue weighted by molar-refractivity contribution is 6.00. The first-order valence-corrected chi connectivity index (χ1v) is 9.62. The Hall–Kier alpha value is -2.69. The fourth-order valence-corrected chi connectivity index (χ4v) is 3.91. The minimum absolute atomic E-state index is 0.0370. The second-order valence-corrected chi connectivity index (χ2v) is 7.88. The fraction of sp³-hybridized carbons (Fsp3) is 0.409. The molecule has 0 unspecified atom stereocenters. The lowest BCUT2D eigenvalue weighted by atomic mass is 9.91. The largest absolute Gasteiger partial charge is 0.341 e. The summed E-state index contributed by atoms with van der Waals surface area (Å²) in [5, 5.41) is 0. The summed E-state index contributed by atoms with van der Waals surface area (Å²) in [5.41, 5.74) is 3.31. The van der Waals surface area contributed by atoms with Crippen LogP contribution < -0.4 is 4.90 Å². The third kappa shape index (κ3) is 3.46. The fourth-order valence-electron chi connectivity index (χ4n) is 3.91. The van der Waals surface area contributed by atoms with E-state index in [1.807, 2.05) is 29.3 Å². The van der Waals surface area contributed by atoms with Gasteiger partial charge in [0.2, 0.25) is 11.8 Å². The molecule has 2 fully saturated rings. The van der Waals surface area contributed by atoms with E-state index in [2.05, 4.69) is 37.0 Å². The number of hydrogen-bond acceptors (Lipinski definition) is 3. The lowest BCUT2D eigenvalue weighted by Crippen LogP contribution is -2.51. The van der Waals surface area contributed by atoms with E-state index in [1.54, 1.807) is 11.1 Å². The maximum Gasteiger partial charge on any atom is 0.228 e. The zero-order valence-electron chi connectivity index (χ0n) is 15.8. The number of rotatable bonds is 4. The lowest BCUT2D eigenvalue weighted by molar-refractivity contribution is -0.140. The smallest absolute Gasteiger partial charge is 0.228 e. The summed E-state index contributed by atoms with van der Waals surface area (Å²) in [6.07, 6.45) is 3.93. The highest BCUT2D eigenvalue weighted by Gasteiger charge is 2.41. The van der Waals surface area contributed by atoms with Gasteiger partial charge in [0, 0.05) is 50.1 Å². The van der Waals surface area contributed by atoms with Crippen molar-refractivity contribution in [2.75, 3.05) is 24.5 Å². The summed E-state index contributed by atoms with van der Waals surface area (Å²) < 4.78 is 0. The van der Waals surface area contributed by atoms with Gasteiger partial charge in [-0.1, -0.05) is 32.0 Å². The summed E-state index contributed by atoms with van der Waals surface area (Å²) in [6.45, 7) is 6.22. The van der Waals surface area contributed by atoms with Crippen LogP contribution in [0.2, 0.25) is 0 Å². The zero-order chi connectivity index (χ0) is 19.0. The SMILES string of the molecule is CC(C)c1ccc(N2C[C@@H](C(=O)N3CC(c4cccnc4)C3)CC2=O)cc1. The third-order valence-corrected chi connectivity index (χ3v) is 5.69. The first kappa shape index (κ1) is 17.7. The van der Waals surface area contributed by atoms with Gasteiger partial charge in [0.05, 0.1) is 5.92 Å². The van der Waals surface area contributed by atoms with Gasteiger partial charge in [0.1, 0.15) is 0 Å². The molecule has 0 saturated carbocycles. The average Bonchev–Trinajstić information content (AvgIpc) is 3.03. The molecule has 2 aromatic rings. The van der Waals surface area contributed by atoms with E-state index < -0.39 is 0 Å². The van der Waals surface area contributed by atoms with Crippen LogP contribution >= 0.6 is 0 Å². The molecule has 0 aliphatic carbocycles. The van der Waals surface area contributed by atoms with E-state index in [0.717, 1.165) is 18.8 Å². The number of aromatic nitrogens is 1. The Labute approximate surface area is 160 Å². The summed E-state index contributed by atoms with van der Waals surface area (Å²) >= 11 is 0. The van der Waals surface area contributed by atoms with Crippen LogP contribution in [0.4, 0.5) is 5.69 Å². The van der Waals surface area contributed by atoms with E-state index in [1.165, 1.54) is 11.1 Å².